The van der Waals surface area contributed by atoms with Gasteiger partial charge in [0, 0.05) is 10.6 Å². The quantitative estimate of drug-likeness (QED) is 0.697. The first-order valence-electron chi connectivity index (χ1n) is 8.01. The molecule has 7 heteroatoms. The van der Waals surface area contributed by atoms with Gasteiger partial charge in [-0.1, -0.05) is 37.3 Å². The molecule has 0 spiro atoms. The van der Waals surface area contributed by atoms with Crippen molar-refractivity contribution in [2.75, 3.05) is 5.32 Å². The van der Waals surface area contributed by atoms with Gasteiger partial charge in [0.05, 0.1) is 9.77 Å². The Balaban J connectivity index is 1.83. The molecule has 134 valence electrons. The van der Waals surface area contributed by atoms with E-state index in [1.165, 1.54) is 35.6 Å². The Morgan fingerprint density at radius 3 is 2.31 bits per heavy atom. The summed E-state index contributed by atoms with van der Waals surface area (Å²) >= 11 is 1.44. The lowest BCUT2D eigenvalue weighted by molar-refractivity contribution is 0.103. The highest BCUT2D eigenvalue weighted by Gasteiger charge is 2.15. The van der Waals surface area contributed by atoms with E-state index in [4.69, 9.17) is 5.14 Å². The first-order chi connectivity index (χ1) is 12.4. The molecule has 0 aliphatic heterocycles. The number of aryl methyl sites for hydroxylation is 1. The van der Waals surface area contributed by atoms with Gasteiger partial charge in [0.2, 0.25) is 10.0 Å². The van der Waals surface area contributed by atoms with Crippen LogP contribution in [0, 0.1) is 0 Å². The molecule has 0 saturated carbocycles. The zero-order valence-electron chi connectivity index (χ0n) is 14.1. The van der Waals surface area contributed by atoms with E-state index in [2.05, 4.69) is 12.2 Å². The van der Waals surface area contributed by atoms with Gasteiger partial charge in [-0.05, 0) is 47.9 Å². The van der Waals surface area contributed by atoms with Gasteiger partial charge in [0.15, 0.2) is 0 Å². The molecule has 1 heterocycles. The van der Waals surface area contributed by atoms with Crippen molar-refractivity contribution in [3.05, 3.63) is 71.1 Å². The van der Waals surface area contributed by atoms with E-state index >= 15 is 0 Å². The summed E-state index contributed by atoms with van der Waals surface area (Å²) in [7, 11) is -3.75. The fourth-order valence-electron chi connectivity index (χ4n) is 2.56. The van der Waals surface area contributed by atoms with Crippen LogP contribution in [0.3, 0.4) is 0 Å². The maximum absolute atomic E-state index is 12.6. The molecule has 0 atom stereocenters. The Hall–Kier alpha value is -2.48. The Kier molecular flexibility index (Phi) is 5.22. The second-order valence-electron chi connectivity index (χ2n) is 5.71. The summed E-state index contributed by atoms with van der Waals surface area (Å²) in [5, 5.41) is 7.86. The van der Waals surface area contributed by atoms with Crippen LogP contribution in [0.1, 0.15) is 22.2 Å². The third-order valence-corrected chi connectivity index (χ3v) is 6.04. The highest BCUT2D eigenvalue weighted by Crippen LogP contribution is 2.33. The molecule has 3 rings (SSSR count). The minimum Gasteiger partial charge on any atom is -0.321 e. The summed E-state index contributed by atoms with van der Waals surface area (Å²) in [6.45, 7) is 2.06. The molecule has 26 heavy (non-hydrogen) atoms. The molecule has 0 aliphatic carbocycles. The van der Waals surface area contributed by atoms with Crippen molar-refractivity contribution < 1.29 is 13.2 Å². The van der Waals surface area contributed by atoms with E-state index in [0.717, 1.165) is 22.4 Å². The van der Waals surface area contributed by atoms with Crippen molar-refractivity contribution in [3.63, 3.8) is 0 Å². The van der Waals surface area contributed by atoms with Crippen LogP contribution in [0.2, 0.25) is 0 Å². The predicted octanol–water partition coefficient (Wildman–Crippen LogP) is 3.88. The Morgan fingerprint density at radius 2 is 1.73 bits per heavy atom. The fourth-order valence-corrected chi connectivity index (χ4v) is 4.23. The molecule has 0 aliphatic rings. The number of hydrogen-bond acceptors (Lipinski definition) is 4. The highest BCUT2D eigenvalue weighted by atomic mass is 32.2. The zero-order valence-corrected chi connectivity index (χ0v) is 15.7. The van der Waals surface area contributed by atoms with Crippen molar-refractivity contribution in [3.8, 4) is 10.4 Å². The van der Waals surface area contributed by atoms with Gasteiger partial charge < -0.3 is 5.32 Å². The van der Waals surface area contributed by atoms with E-state index in [1.54, 1.807) is 0 Å². The third kappa shape index (κ3) is 4.01. The lowest BCUT2D eigenvalue weighted by atomic mass is 10.1. The Bertz CT molecular complexity index is 1020. The van der Waals surface area contributed by atoms with E-state index in [9.17, 15) is 13.2 Å². The van der Waals surface area contributed by atoms with E-state index < -0.39 is 10.0 Å². The number of thiophene rings is 1. The molecule has 1 aromatic heterocycles. The monoisotopic (exact) mass is 386 g/mol. The van der Waals surface area contributed by atoms with Crippen LogP contribution in [0.5, 0.6) is 0 Å². The first-order valence-corrected chi connectivity index (χ1v) is 10.4. The number of sulfonamides is 1. The number of primary sulfonamides is 1. The minimum atomic E-state index is -3.75. The van der Waals surface area contributed by atoms with Crippen molar-refractivity contribution in [2.24, 2.45) is 5.14 Å². The maximum atomic E-state index is 12.6. The number of anilines is 1. The molecule has 0 unspecified atom stereocenters. The first kappa shape index (κ1) is 18.3. The molecular weight excluding hydrogens is 368 g/mol. The number of rotatable bonds is 5. The summed E-state index contributed by atoms with van der Waals surface area (Å²) in [4.78, 5) is 14.3. The number of benzene rings is 2. The van der Waals surface area contributed by atoms with Crippen LogP contribution in [-0.4, -0.2) is 14.3 Å². The van der Waals surface area contributed by atoms with Crippen molar-refractivity contribution in [2.45, 2.75) is 18.2 Å². The summed E-state index contributed by atoms with van der Waals surface area (Å²) in [5.41, 5.74) is 2.72. The normalized spacial score (nSPS) is 11.3. The standard InChI is InChI=1S/C19H18N2O3S2/c1-2-13-12-17(25-18(13)14-6-4-3-5-7-14)19(22)21-15-8-10-16(11-9-15)26(20,23)24/h3-12H,2H2,1H3,(H,21,22)(H2,20,23,24). The van der Waals surface area contributed by atoms with E-state index in [-0.39, 0.29) is 10.8 Å². The smallest absolute Gasteiger partial charge is 0.265 e. The van der Waals surface area contributed by atoms with Gasteiger partial charge in [0.1, 0.15) is 0 Å². The topological polar surface area (TPSA) is 89.3 Å². The molecule has 5 nitrogen and oxygen atoms in total. The lowest BCUT2D eigenvalue weighted by Gasteiger charge is -2.04. The average Bonchev–Trinajstić information content (AvgIpc) is 3.07. The third-order valence-electron chi connectivity index (χ3n) is 3.89. The summed E-state index contributed by atoms with van der Waals surface area (Å²) in [5.74, 6) is -0.227. The molecule has 0 bridgehead atoms. The van der Waals surface area contributed by atoms with Gasteiger partial charge in [-0.3, -0.25) is 4.79 Å². The minimum absolute atomic E-state index is 0.00579. The second kappa shape index (κ2) is 7.41. The molecule has 0 radical (unpaired) electrons. The molecule has 2 aromatic carbocycles. The maximum Gasteiger partial charge on any atom is 0.265 e. The predicted molar refractivity (Wildman–Crippen MR) is 105 cm³/mol. The van der Waals surface area contributed by atoms with Gasteiger partial charge in [-0.2, -0.15) is 0 Å². The molecule has 3 N–H and O–H groups in total. The van der Waals surface area contributed by atoms with Crippen molar-refractivity contribution in [1.29, 1.82) is 0 Å². The molecule has 0 saturated heterocycles. The number of nitrogens with two attached hydrogens (primary N) is 1. The van der Waals surface area contributed by atoms with Crippen LogP contribution in [-0.2, 0) is 16.4 Å². The molecule has 3 aromatic rings. The summed E-state index contributed by atoms with van der Waals surface area (Å²) < 4.78 is 22.6. The number of carbonyl (C=O) groups is 1. The van der Waals surface area contributed by atoms with Crippen LogP contribution in [0.4, 0.5) is 5.69 Å². The molecule has 0 fully saturated rings. The largest absolute Gasteiger partial charge is 0.321 e. The number of amides is 1. The lowest BCUT2D eigenvalue weighted by Crippen LogP contribution is -2.13. The van der Waals surface area contributed by atoms with Gasteiger partial charge in [-0.15, -0.1) is 11.3 Å². The van der Waals surface area contributed by atoms with E-state index in [0.29, 0.717) is 10.6 Å². The Labute approximate surface area is 156 Å². The Morgan fingerprint density at radius 1 is 1.08 bits per heavy atom. The van der Waals surface area contributed by atoms with Gasteiger partial charge >= 0.3 is 0 Å². The molecule has 1 amide bonds. The molecular formula is C19H18N2O3S2. The fraction of sp³-hybridized carbons (Fsp3) is 0.105. The average molecular weight is 386 g/mol. The van der Waals surface area contributed by atoms with Crippen LogP contribution in [0.15, 0.2) is 65.6 Å². The summed E-state index contributed by atoms with van der Waals surface area (Å²) in [6, 6.07) is 17.6. The number of nitrogens with one attached hydrogen (secondary N) is 1. The van der Waals surface area contributed by atoms with Crippen molar-refractivity contribution >= 4 is 33.0 Å². The van der Waals surface area contributed by atoms with Gasteiger partial charge in [-0.25, -0.2) is 13.6 Å². The van der Waals surface area contributed by atoms with Crippen LogP contribution >= 0.6 is 11.3 Å². The van der Waals surface area contributed by atoms with Crippen molar-refractivity contribution in [1.82, 2.24) is 0 Å². The SMILES string of the molecule is CCc1cc(C(=O)Nc2ccc(S(N)(=O)=O)cc2)sc1-c1ccccc1. The summed E-state index contributed by atoms with van der Waals surface area (Å²) in [6.07, 6.45) is 0.830. The second-order valence-corrected chi connectivity index (χ2v) is 8.32. The van der Waals surface area contributed by atoms with E-state index in [1.807, 2.05) is 36.4 Å². The highest BCUT2D eigenvalue weighted by molar-refractivity contribution is 7.89. The number of carbonyl (C=O) groups excluding carboxylic acids is 1. The van der Waals surface area contributed by atoms with Crippen LogP contribution < -0.4 is 10.5 Å². The zero-order chi connectivity index (χ0) is 18.7. The van der Waals surface area contributed by atoms with Crippen LogP contribution in [0.25, 0.3) is 10.4 Å². The van der Waals surface area contributed by atoms with Gasteiger partial charge in [0.25, 0.3) is 5.91 Å². The number of hydrogen-bond donors (Lipinski definition) is 2.